The highest BCUT2D eigenvalue weighted by Crippen LogP contribution is 2.07. The van der Waals surface area contributed by atoms with Crippen LogP contribution in [0.2, 0.25) is 0 Å². The molecule has 0 radical (unpaired) electrons. The molecule has 0 saturated carbocycles. The molecule has 5 heteroatoms. The van der Waals surface area contributed by atoms with Crippen molar-refractivity contribution in [1.82, 2.24) is 5.43 Å². The number of halogens is 1. The van der Waals surface area contributed by atoms with E-state index in [1.165, 1.54) is 18.2 Å². The summed E-state index contributed by atoms with van der Waals surface area (Å²) < 4.78 is 13.4. The number of hydrogen-bond acceptors (Lipinski definition) is 3. The second-order valence-electron chi connectivity index (χ2n) is 4.31. The van der Waals surface area contributed by atoms with Gasteiger partial charge in [0.2, 0.25) is 0 Å². The summed E-state index contributed by atoms with van der Waals surface area (Å²) in [5.41, 5.74) is 4.12. The van der Waals surface area contributed by atoms with Crippen LogP contribution in [0.4, 0.5) is 4.39 Å². The molecule has 0 unspecified atom stereocenters. The lowest BCUT2D eigenvalue weighted by atomic mass is 10.1. The van der Waals surface area contributed by atoms with Crippen molar-refractivity contribution in [2.45, 2.75) is 6.92 Å². The highest BCUT2D eigenvalue weighted by atomic mass is 19.1. The molecule has 0 fully saturated rings. The summed E-state index contributed by atoms with van der Waals surface area (Å²) in [4.78, 5) is 11.8. The van der Waals surface area contributed by atoms with E-state index >= 15 is 0 Å². The van der Waals surface area contributed by atoms with Crippen molar-refractivity contribution in [3.05, 3.63) is 71.0 Å². The number of hydrogen-bond donors (Lipinski definition) is 1. The first kappa shape index (κ1) is 14.4. The summed E-state index contributed by atoms with van der Waals surface area (Å²) in [5.74, 6) is -1.21. The van der Waals surface area contributed by atoms with Gasteiger partial charge in [0.1, 0.15) is 5.82 Å². The van der Waals surface area contributed by atoms with Gasteiger partial charge in [-0.2, -0.15) is 10.4 Å². The van der Waals surface area contributed by atoms with Gasteiger partial charge in [-0.1, -0.05) is 24.3 Å². The monoisotopic (exact) mass is 281 g/mol. The minimum absolute atomic E-state index is 0.0612. The first-order valence-corrected chi connectivity index (χ1v) is 6.21. The van der Waals surface area contributed by atoms with Crippen molar-refractivity contribution < 1.29 is 9.18 Å². The van der Waals surface area contributed by atoms with Crippen LogP contribution in [0.15, 0.2) is 53.6 Å². The molecule has 2 aromatic carbocycles. The van der Waals surface area contributed by atoms with Gasteiger partial charge in [0.25, 0.3) is 5.91 Å². The predicted molar refractivity (Wildman–Crippen MR) is 77.2 cm³/mol. The van der Waals surface area contributed by atoms with Crippen LogP contribution in [0.25, 0.3) is 0 Å². The molecule has 0 atom stereocenters. The summed E-state index contributed by atoms with van der Waals surface area (Å²) in [6.07, 6.45) is 0. The number of nitrogens with zero attached hydrogens (tertiary/aromatic N) is 2. The van der Waals surface area contributed by atoms with Gasteiger partial charge in [-0.05, 0) is 36.8 Å². The van der Waals surface area contributed by atoms with Crippen LogP contribution in [0, 0.1) is 17.1 Å². The van der Waals surface area contributed by atoms with Crippen molar-refractivity contribution >= 4 is 11.6 Å². The van der Waals surface area contributed by atoms with E-state index in [9.17, 15) is 9.18 Å². The lowest BCUT2D eigenvalue weighted by molar-refractivity contribution is 0.0951. The zero-order valence-electron chi connectivity index (χ0n) is 11.3. The summed E-state index contributed by atoms with van der Waals surface area (Å²) in [5, 5.41) is 12.7. The standard InChI is InChI=1S/C16H12FN3O/c1-11(13-8-6-12(10-18)7-9-13)19-20-16(21)14-4-2-3-5-15(14)17/h2-9H,1H3,(H,20,21)/b19-11-. The Labute approximate surface area is 121 Å². The maximum absolute atomic E-state index is 13.4. The first-order chi connectivity index (χ1) is 10.1. The van der Waals surface area contributed by atoms with Crippen molar-refractivity contribution in [3.8, 4) is 6.07 Å². The van der Waals surface area contributed by atoms with Crippen LogP contribution in [0.1, 0.15) is 28.4 Å². The molecule has 0 aliphatic rings. The second kappa shape index (κ2) is 6.44. The smallest absolute Gasteiger partial charge is 0.267 e. The molecule has 0 aliphatic carbocycles. The van der Waals surface area contributed by atoms with Gasteiger partial charge < -0.3 is 0 Å². The highest BCUT2D eigenvalue weighted by molar-refractivity contribution is 6.00. The number of hydrazone groups is 1. The van der Waals surface area contributed by atoms with E-state index in [0.29, 0.717) is 11.3 Å². The molecule has 0 spiro atoms. The molecule has 2 rings (SSSR count). The fraction of sp³-hybridized carbons (Fsp3) is 0.0625. The van der Waals surface area contributed by atoms with E-state index in [0.717, 1.165) is 5.56 Å². The zero-order chi connectivity index (χ0) is 15.2. The van der Waals surface area contributed by atoms with Gasteiger partial charge in [-0.25, -0.2) is 9.82 Å². The molecule has 0 saturated heterocycles. The highest BCUT2D eigenvalue weighted by Gasteiger charge is 2.09. The Kier molecular flexibility index (Phi) is 4.42. The number of benzene rings is 2. The summed E-state index contributed by atoms with van der Waals surface area (Å²) in [7, 11) is 0. The summed E-state index contributed by atoms with van der Waals surface area (Å²) >= 11 is 0. The van der Waals surface area contributed by atoms with Gasteiger partial charge >= 0.3 is 0 Å². The number of rotatable bonds is 3. The van der Waals surface area contributed by atoms with Crippen molar-refractivity contribution in [2.75, 3.05) is 0 Å². The fourth-order valence-corrected chi connectivity index (χ4v) is 1.69. The van der Waals surface area contributed by atoms with E-state index in [1.54, 1.807) is 37.3 Å². The molecule has 2 aromatic rings. The summed E-state index contributed by atoms with van der Waals surface area (Å²) in [6, 6.07) is 14.5. The Morgan fingerprint density at radius 1 is 1.19 bits per heavy atom. The zero-order valence-corrected chi connectivity index (χ0v) is 11.3. The van der Waals surface area contributed by atoms with Crippen LogP contribution in [-0.4, -0.2) is 11.6 Å². The van der Waals surface area contributed by atoms with Gasteiger partial charge in [0.15, 0.2) is 0 Å². The number of nitrogens with one attached hydrogen (secondary N) is 1. The van der Waals surface area contributed by atoms with Crippen LogP contribution in [0.5, 0.6) is 0 Å². The Hall–Kier alpha value is -3.00. The van der Waals surface area contributed by atoms with Gasteiger partial charge in [0, 0.05) is 0 Å². The second-order valence-corrected chi connectivity index (χ2v) is 4.31. The molecule has 0 aliphatic heterocycles. The van der Waals surface area contributed by atoms with Gasteiger partial charge in [0.05, 0.1) is 22.9 Å². The van der Waals surface area contributed by atoms with Crippen LogP contribution in [0.3, 0.4) is 0 Å². The Morgan fingerprint density at radius 2 is 1.86 bits per heavy atom. The number of amides is 1. The molecule has 0 heterocycles. The largest absolute Gasteiger partial charge is 0.274 e. The van der Waals surface area contributed by atoms with Gasteiger partial charge in [-0.15, -0.1) is 0 Å². The molecular formula is C16H12FN3O. The number of nitriles is 1. The fourth-order valence-electron chi connectivity index (χ4n) is 1.69. The minimum Gasteiger partial charge on any atom is -0.267 e. The van der Waals surface area contributed by atoms with Crippen LogP contribution >= 0.6 is 0 Å². The molecule has 1 amide bonds. The first-order valence-electron chi connectivity index (χ1n) is 6.21. The molecule has 104 valence electrons. The molecule has 0 aromatic heterocycles. The van der Waals surface area contributed by atoms with Crippen molar-refractivity contribution in [2.24, 2.45) is 5.10 Å². The predicted octanol–water partition coefficient (Wildman–Crippen LogP) is 2.85. The topological polar surface area (TPSA) is 65.2 Å². The summed E-state index contributed by atoms with van der Waals surface area (Å²) in [6.45, 7) is 1.71. The molecular weight excluding hydrogens is 269 g/mol. The number of carbonyl (C=O) groups is 1. The maximum Gasteiger partial charge on any atom is 0.274 e. The third-order valence-corrected chi connectivity index (χ3v) is 2.88. The molecule has 4 nitrogen and oxygen atoms in total. The normalized spacial score (nSPS) is 10.8. The Bertz CT molecular complexity index is 730. The number of carbonyl (C=O) groups excluding carboxylic acids is 1. The minimum atomic E-state index is -0.610. The average Bonchev–Trinajstić information content (AvgIpc) is 2.52. The third kappa shape index (κ3) is 3.51. The van der Waals surface area contributed by atoms with E-state index in [-0.39, 0.29) is 5.56 Å². The van der Waals surface area contributed by atoms with E-state index in [4.69, 9.17) is 5.26 Å². The van der Waals surface area contributed by atoms with E-state index in [2.05, 4.69) is 10.5 Å². The van der Waals surface area contributed by atoms with Crippen molar-refractivity contribution in [3.63, 3.8) is 0 Å². The Balaban J connectivity index is 2.11. The van der Waals surface area contributed by atoms with Crippen molar-refractivity contribution in [1.29, 1.82) is 5.26 Å². The lowest BCUT2D eigenvalue weighted by Gasteiger charge is -2.04. The molecule has 21 heavy (non-hydrogen) atoms. The van der Waals surface area contributed by atoms with Crippen LogP contribution in [-0.2, 0) is 0 Å². The third-order valence-electron chi connectivity index (χ3n) is 2.88. The molecule has 0 bridgehead atoms. The SMILES string of the molecule is C/C(=N/NC(=O)c1ccccc1F)c1ccc(C#N)cc1. The average molecular weight is 281 g/mol. The maximum atomic E-state index is 13.4. The van der Waals surface area contributed by atoms with E-state index < -0.39 is 11.7 Å². The Morgan fingerprint density at radius 3 is 2.48 bits per heavy atom. The van der Waals surface area contributed by atoms with Gasteiger partial charge in [-0.3, -0.25) is 4.79 Å². The molecule has 1 N–H and O–H groups in total. The lowest BCUT2D eigenvalue weighted by Crippen LogP contribution is -2.20. The van der Waals surface area contributed by atoms with Crippen LogP contribution < -0.4 is 5.43 Å². The quantitative estimate of drug-likeness (QED) is 0.694. The van der Waals surface area contributed by atoms with E-state index in [1.807, 2.05) is 6.07 Å².